The Morgan fingerprint density at radius 1 is 1.44 bits per heavy atom. The summed E-state index contributed by atoms with van der Waals surface area (Å²) < 4.78 is 4.99. The first kappa shape index (κ1) is 14.5. The number of carboxylic acid groups (broad SMARTS) is 1. The molecule has 5 nitrogen and oxygen atoms in total. The molecule has 92 valence electrons. The van der Waals surface area contributed by atoms with Crippen LogP contribution < -0.4 is 5.32 Å². The molecule has 0 fully saturated rings. The number of nitrogens with one attached hydrogen (secondary N) is 1. The number of aliphatic carboxylic acids is 1. The van der Waals surface area contributed by atoms with Crippen LogP contribution in [0.15, 0.2) is 12.7 Å². The Hall–Kier alpha value is -1.52. The van der Waals surface area contributed by atoms with Gasteiger partial charge in [-0.25, -0.2) is 9.59 Å². The molecule has 0 unspecified atom stereocenters. The van der Waals surface area contributed by atoms with Crippen LogP contribution in [0.3, 0.4) is 0 Å². The number of carbonyl (C=O) groups excluding carboxylic acids is 1. The number of hydrogen-bond acceptors (Lipinski definition) is 3. The van der Waals surface area contributed by atoms with E-state index in [-0.39, 0.29) is 6.42 Å². The molecular weight excluding hydrogens is 210 g/mol. The summed E-state index contributed by atoms with van der Waals surface area (Å²) in [6.07, 6.45) is 0.626. The van der Waals surface area contributed by atoms with Crippen molar-refractivity contribution in [2.24, 2.45) is 0 Å². The normalized spacial score (nSPS) is 14.8. The van der Waals surface area contributed by atoms with Crippen molar-refractivity contribution < 1.29 is 19.4 Å². The Kier molecular flexibility index (Phi) is 4.53. The third-order valence-electron chi connectivity index (χ3n) is 2.01. The highest BCUT2D eigenvalue weighted by molar-refractivity contribution is 5.86. The van der Waals surface area contributed by atoms with E-state index < -0.39 is 23.2 Å². The van der Waals surface area contributed by atoms with Gasteiger partial charge in [0.25, 0.3) is 0 Å². The van der Waals surface area contributed by atoms with E-state index in [4.69, 9.17) is 9.84 Å². The summed E-state index contributed by atoms with van der Waals surface area (Å²) >= 11 is 0. The van der Waals surface area contributed by atoms with E-state index in [0.717, 1.165) is 0 Å². The molecule has 1 amide bonds. The van der Waals surface area contributed by atoms with Crippen LogP contribution in [-0.4, -0.2) is 28.3 Å². The summed E-state index contributed by atoms with van der Waals surface area (Å²) in [4.78, 5) is 22.5. The van der Waals surface area contributed by atoms with Crippen LogP contribution in [0.2, 0.25) is 0 Å². The maximum absolute atomic E-state index is 11.5. The van der Waals surface area contributed by atoms with Crippen molar-refractivity contribution in [3.63, 3.8) is 0 Å². The molecule has 0 aromatic heterocycles. The monoisotopic (exact) mass is 229 g/mol. The molecule has 0 saturated heterocycles. The lowest BCUT2D eigenvalue weighted by Crippen LogP contribution is -2.53. The van der Waals surface area contributed by atoms with E-state index in [1.54, 1.807) is 27.7 Å². The first-order valence-electron chi connectivity index (χ1n) is 5.05. The molecular formula is C11H19NO4. The van der Waals surface area contributed by atoms with E-state index in [1.807, 2.05) is 0 Å². The van der Waals surface area contributed by atoms with Crippen LogP contribution in [0.5, 0.6) is 0 Å². The highest BCUT2D eigenvalue weighted by Crippen LogP contribution is 2.14. The lowest BCUT2D eigenvalue weighted by atomic mass is 9.97. The highest BCUT2D eigenvalue weighted by Gasteiger charge is 2.36. The van der Waals surface area contributed by atoms with Gasteiger partial charge in [0.1, 0.15) is 5.60 Å². The standard InChI is InChI=1S/C11H19NO4/c1-6-11(7-2,8(13)14)12-9(15)16-10(3,4)5/h6H,1,7H2,2-5H3,(H,12,15)(H,13,14)/t11-/m0/s1. The fraction of sp³-hybridized carbons (Fsp3) is 0.636. The Labute approximate surface area is 95.5 Å². The van der Waals surface area contributed by atoms with Gasteiger partial charge in [0.15, 0.2) is 5.54 Å². The molecule has 0 radical (unpaired) electrons. The minimum absolute atomic E-state index is 0.199. The summed E-state index contributed by atoms with van der Waals surface area (Å²) in [6.45, 7) is 10.2. The largest absolute Gasteiger partial charge is 0.479 e. The molecule has 0 aromatic rings. The summed E-state index contributed by atoms with van der Waals surface area (Å²) in [5.74, 6) is -1.16. The SMILES string of the molecule is C=C[C@@](CC)(NC(=O)OC(C)(C)C)C(=O)O. The minimum atomic E-state index is -1.47. The number of ether oxygens (including phenoxy) is 1. The van der Waals surface area contributed by atoms with Crippen LogP contribution in [0.1, 0.15) is 34.1 Å². The zero-order valence-corrected chi connectivity index (χ0v) is 10.2. The summed E-state index contributed by atoms with van der Waals surface area (Å²) in [7, 11) is 0. The molecule has 0 rings (SSSR count). The van der Waals surface area contributed by atoms with Crippen LogP contribution in [0.25, 0.3) is 0 Å². The van der Waals surface area contributed by atoms with Gasteiger partial charge in [-0.1, -0.05) is 13.0 Å². The van der Waals surface area contributed by atoms with Gasteiger partial charge >= 0.3 is 12.1 Å². The number of carboxylic acids is 1. The smallest absolute Gasteiger partial charge is 0.408 e. The Balaban J connectivity index is 4.72. The molecule has 0 aliphatic rings. The number of carbonyl (C=O) groups is 2. The van der Waals surface area contributed by atoms with Gasteiger partial charge in [0.05, 0.1) is 0 Å². The van der Waals surface area contributed by atoms with E-state index in [2.05, 4.69) is 11.9 Å². The van der Waals surface area contributed by atoms with Gasteiger partial charge in [-0.15, -0.1) is 6.58 Å². The molecule has 1 atom stereocenters. The van der Waals surface area contributed by atoms with Crippen molar-refractivity contribution in [3.8, 4) is 0 Å². The number of hydrogen-bond donors (Lipinski definition) is 2. The Bertz CT molecular complexity index is 293. The van der Waals surface area contributed by atoms with Crippen LogP contribution >= 0.6 is 0 Å². The van der Waals surface area contributed by atoms with Crippen molar-refractivity contribution in [3.05, 3.63) is 12.7 Å². The van der Waals surface area contributed by atoms with Gasteiger partial charge in [0.2, 0.25) is 0 Å². The van der Waals surface area contributed by atoms with Crippen molar-refractivity contribution in [1.82, 2.24) is 5.32 Å². The second kappa shape index (κ2) is 5.01. The van der Waals surface area contributed by atoms with Crippen molar-refractivity contribution in [2.75, 3.05) is 0 Å². The third kappa shape index (κ3) is 3.92. The van der Waals surface area contributed by atoms with Crippen LogP contribution in [0.4, 0.5) is 4.79 Å². The molecule has 2 N–H and O–H groups in total. The predicted molar refractivity (Wildman–Crippen MR) is 60.2 cm³/mol. The zero-order chi connectivity index (χ0) is 13.0. The number of alkyl carbamates (subject to hydrolysis) is 1. The molecule has 16 heavy (non-hydrogen) atoms. The molecule has 5 heteroatoms. The molecule has 0 heterocycles. The third-order valence-corrected chi connectivity index (χ3v) is 2.01. The molecule has 0 aliphatic heterocycles. The summed E-state index contributed by atoms with van der Waals surface area (Å²) in [6, 6.07) is 0. The predicted octanol–water partition coefficient (Wildman–Crippen LogP) is 1.93. The van der Waals surface area contributed by atoms with E-state index in [9.17, 15) is 9.59 Å². The van der Waals surface area contributed by atoms with Gasteiger partial charge in [0, 0.05) is 0 Å². The maximum atomic E-state index is 11.5. The van der Waals surface area contributed by atoms with Crippen LogP contribution in [0, 0.1) is 0 Å². The Morgan fingerprint density at radius 2 is 1.94 bits per heavy atom. The minimum Gasteiger partial charge on any atom is -0.479 e. The fourth-order valence-electron chi connectivity index (χ4n) is 1.06. The van der Waals surface area contributed by atoms with Crippen LogP contribution in [-0.2, 0) is 9.53 Å². The lowest BCUT2D eigenvalue weighted by Gasteiger charge is -2.28. The first-order chi connectivity index (χ1) is 7.17. The topological polar surface area (TPSA) is 75.6 Å². The second-order valence-corrected chi connectivity index (χ2v) is 4.46. The number of amides is 1. The van der Waals surface area contributed by atoms with Gasteiger partial charge in [-0.3, -0.25) is 0 Å². The number of rotatable bonds is 4. The van der Waals surface area contributed by atoms with Gasteiger partial charge in [-0.2, -0.15) is 0 Å². The van der Waals surface area contributed by atoms with Gasteiger partial charge in [-0.05, 0) is 27.2 Å². The maximum Gasteiger partial charge on any atom is 0.408 e. The average molecular weight is 229 g/mol. The van der Waals surface area contributed by atoms with E-state index >= 15 is 0 Å². The van der Waals surface area contributed by atoms with Crippen molar-refractivity contribution in [1.29, 1.82) is 0 Å². The molecule has 0 aromatic carbocycles. The van der Waals surface area contributed by atoms with E-state index in [0.29, 0.717) is 0 Å². The Morgan fingerprint density at radius 3 is 2.19 bits per heavy atom. The highest BCUT2D eigenvalue weighted by atomic mass is 16.6. The summed E-state index contributed by atoms with van der Waals surface area (Å²) in [5, 5.41) is 11.3. The van der Waals surface area contributed by atoms with Crippen molar-refractivity contribution in [2.45, 2.75) is 45.3 Å². The van der Waals surface area contributed by atoms with Gasteiger partial charge < -0.3 is 15.2 Å². The zero-order valence-electron chi connectivity index (χ0n) is 10.2. The molecule has 0 bridgehead atoms. The fourth-order valence-corrected chi connectivity index (χ4v) is 1.06. The molecule has 0 saturated carbocycles. The van der Waals surface area contributed by atoms with Crippen molar-refractivity contribution >= 4 is 12.1 Å². The lowest BCUT2D eigenvalue weighted by molar-refractivity contribution is -0.142. The van der Waals surface area contributed by atoms with E-state index in [1.165, 1.54) is 6.08 Å². The summed E-state index contributed by atoms with van der Waals surface area (Å²) in [5.41, 5.74) is -2.13. The second-order valence-electron chi connectivity index (χ2n) is 4.46. The molecule has 0 aliphatic carbocycles. The molecule has 0 spiro atoms. The first-order valence-corrected chi connectivity index (χ1v) is 5.05. The average Bonchev–Trinajstić information content (AvgIpc) is 2.10. The quantitative estimate of drug-likeness (QED) is 0.722.